The average Bonchev–Trinajstić information content (AvgIpc) is 2.60. The quantitative estimate of drug-likeness (QED) is 0.346. The van der Waals surface area contributed by atoms with Crippen molar-refractivity contribution in [1.82, 2.24) is 0 Å². The van der Waals surface area contributed by atoms with Gasteiger partial charge in [0.05, 0.1) is 6.61 Å². The molecule has 0 spiro atoms. The Morgan fingerprint density at radius 3 is 2.22 bits per heavy atom. The smallest absolute Gasteiger partial charge is 0.0644 e. The van der Waals surface area contributed by atoms with Crippen molar-refractivity contribution in [1.29, 1.82) is 0 Å². The van der Waals surface area contributed by atoms with Gasteiger partial charge in [-0.2, -0.15) is 0 Å². The van der Waals surface area contributed by atoms with Crippen LogP contribution in [0.1, 0.15) is 77.6 Å². The molecule has 2 fully saturated rings. The molecule has 0 heterocycles. The molecule has 23 heavy (non-hydrogen) atoms. The molecule has 0 aromatic heterocycles. The molecule has 2 rings (SSSR count). The molecule has 0 bridgehead atoms. The van der Waals surface area contributed by atoms with Crippen molar-refractivity contribution >= 4 is 0 Å². The van der Waals surface area contributed by atoms with Gasteiger partial charge in [0.15, 0.2) is 0 Å². The molecule has 2 aliphatic carbocycles. The Balaban J connectivity index is 1.61. The van der Waals surface area contributed by atoms with Crippen LogP contribution in [-0.2, 0) is 4.74 Å². The van der Waals surface area contributed by atoms with E-state index in [-0.39, 0.29) is 0 Å². The molecule has 0 radical (unpaired) electrons. The van der Waals surface area contributed by atoms with Gasteiger partial charge < -0.3 is 4.74 Å². The van der Waals surface area contributed by atoms with Crippen molar-refractivity contribution in [3.05, 3.63) is 24.8 Å². The monoisotopic (exact) mass is 318 g/mol. The van der Waals surface area contributed by atoms with E-state index < -0.39 is 0 Å². The molecular weight excluding hydrogens is 280 g/mol. The summed E-state index contributed by atoms with van der Waals surface area (Å²) < 4.78 is 5.65. The normalized spacial score (nSPS) is 32.2. The van der Waals surface area contributed by atoms with Gasteiger partial charge in [-0.15, -0.1) is 6.58 Å². The lowest BCUT2D eigenvalue weighted by Gasteiger charge is -2.37. The summed E-state index contributed by atoms with van der Waals surface area (Å²) in [5.41, 5.74) is 0. The number of ether oxygens (including phenoxy) is 1. The van der Waals surface area contributed by atoms with Gasteiger partial charge in [0, 0.05) is 6.61 Å². The summed E-state index contributed by atoms with van der Waals surface area (Å²) in [5, 5.41) is 0. The lowest BCUT2D eigenvalue weighted by molar-refractivity contribution is 0.0800. The van der Waals surface area contributed by atoms with Gasteiger partial charge in [0.1, 0.15) is 0 Å². The van der Waals surface area contributed by atoms with Crippen molar-refractivity contribution in [3.8, 4) is 0 Å². The maximum atomic E-state index is 5.65. The summed E-state index contributed by atoms with van der Waals surface area (Å²) in [4.78, 5) is 0. The Morgan fingerprint density at radius 1 is 0.957 bits per heavy atom. The zero-order chi connectivity index (χ0) is 16.3. The molecule has 0 unspecified atom stereocenters. The lowest BCUT2D eigenvalue weighted by atomic mass is 9.69. The number of hydrogen-bond donors (Lipinski definition) is 0. The van der Waals surface area contributed by atoms with Crippen LogP contribution in [0.5, 0.6) is 0 Å². The number of unbranched alkanes of at least 4 members (excludes halogenated alkanes) is 2. The first kappa shape index (κ1) is 18.8. The largest absolute Gasteiger partial charge is 0.377 e. The summed E-state index contributed by atoms with van der Waals surface area (Å²) >= 11 is 0. The van der Waals surface area contributed by atoms with Gasteiger partial charge in [-0.3, -0.25) is 0 Å². The van der Waals surface area contributed by atoms with Crippen molar-refractivity contribution in [2.45, 2.75) is 77.6 Å². The van der Waals surface area contributed by atoms with Crippen LogP contribution in [0.2, 0.25) is 0 Å². The Kier molecular flexibility index (Phi) is 9.04. The molecule has 0 saturated heterocycles. The average molecular weight is 319 g/mol. The topological polar surface area (TPSA) is 9.23 Å². The molecule has 0 aromatic carbocycles. The highest BCUT2D eigenvalue weighted by Gasteiger charge is 2.30. The van der Waals surface area contributed by atoms with Crippen molar-refractivity contribution in [2.24, 2.45) is 23.7 Å². The van der Waals surface area contributed by atoms with Gasteiger partial charge in [0.2, 0.25) is 0 Å². The minimum atomic E-state index is 0.718. The van der Waals surface area contributed by atoms with Crippen LogP contribution in [-0.4, -0.2) is 13.2 Å². The molecule has 2 saturated carbocycles. The Bertz CT molecular complexity index is 330. The Hall–Kier alpha value is -0.560. The zero-order valence-corrected chi connectivity index (χ0v) is 15.3. The molecule has 2 aliphatic rings. The molecule has 1 nitrogen and oxygen atoms in total. The third-order valence-corrected chi connectivity index (χ3v) is 6.10. The number of hydrogen-bond acceptors (Lipinski definition) is 1. The molecule has 0 aromatic rings. The molecule has 0 atom stereocenters. The highest BCUT2D eigenvalue weighted by Crippen LogP contribution is 2.41. The summed E-state index contributed by atoms with van der Waals surface area (Å²) in [6, 6.07) is 0. The predicted octanol–water partition coefficient (Wildman–Crippen LogP) is 6.55. The highest BCUT2D eigenvalue weighted by molar-refractivity contribution is 4.92. The summed E-state index contributed by atoms with van der Waals surface area (Å²) in [5.74, 6) is 3.72. The number of allylic oxidation sites excluding steroid dienone is 2. The third-order valence-electron chi connectivity index (χ3n) is 6.10. The van der Waals surface area contributed by atoms with Gasteiger partial charge >= 0.3 is 0 Å². The first-order chi connectivity index (χ1) is 11.3. The van der Waals surface area contributed by atoms with Crippen molar-refractivity contribution in [3.63, 3.8) is 0 Å². The van der Waals surface area contributed by atoms with E-state index in [0.29, 0.717) is 0 Å². The Morgan fingerprint density at radius 2 is 1.61 bits per heavy atom. The lowest BCUT2D eigenvalue weighted by Crippen LogP contribution is -2.26. The van der Waals surface area contributed by atoms with E-state index in [1.807, 2.05) is 6.08 Å². The SMILES string of the molecule is C=CCOC[C@H]1CC[C@H]([C@H]2CC[C@H](C=CCCCC)CC2)CC1. The Labute approximate surface area is 144 Å². The highest BCUT2D eigenvalue weighted by atomic mass is 16.5. The predicted molar refractivity (Wildman–Crippen MR) is 101 cm³/mol. The van der Waals surface area contributed by atoms with E-state index in [2.05, 4.69) is 25.7 Å². The molecule has 0 N–H and O–H groups in total. The van der Waals surface area contributed by atoms with E-state index in [0.717, 1.165) is 36.9 Å². The summed E-state index contributed by atoms with van der Waals surface area (Å²) in [6.07, 6.45) is 22.3. The fourth-order valence-corrected chi connectivity index (χ4v) is 4.56. The van der Waals surface area contributed by atoms with Crippen LogP contribution >= 0.6 is 0 Å². The van der Waals surface area contributed by atoms with Crippen LogP contribution < -0.4 is 0 Å². The van der Waals surface area contributed by atoms with E-state index in [4.69, 9.17) is 4.74 Å². The standard InChI is InChI=1S/C22H38O/c1-3-5-6-7-8-19-9-13-21(14-10-19)22-15-11-20(12-16-22)18-23-17-4-2/h4,7-8,19-22H,2-3,5-6,9-18H2,1H3/t19-,20-,21-,22-. The van der Waals surface area contributed by atoms with E-state index in [1.54, 1.807) is 0 Å². The first-order valence-corrected chi connectivity index (χ1v) is 10.2. The maximum absolute atomic E-state index is 5.65. The van der Waals surface area contributed by atoms with Gasteiger partial charge in [-0.25, -0.2) is 0 Å². The van der Waals surface area contributed by atoms with Crippen LogP contribution in [0.3, 0.4) is 0 Å². The second-order valence-electron chi connectivity index (χ2n) is 7.85. The second-order valence-corrected chi connectivity index (χ2v) is 7.85. The third kappa shape index (κ3) is 6.83. The first-order valence-electron chi connectivity index (χ1n) is 10.2. The van der Waals surface area contributed by atoms with Crippen LogP contribution in [0.15, 0.2) is 24.8 Å². The molecular formula is C22H38O. The zero-order valence-electron chi connectivity index (χ0n) is 15.3. The summed E-state index contributed by atoms with van der Waals surface area (Å²) in [6.45, 7) is 7.67. The van der Waals surface area contributed by atoms with E-state index in [1.165, 1.54) is 70.6 Å². The fourth-order valence-electron chi connectivity index (χ4n) is 4.56. The van der Waals surface area contributed by atoms with Crippen LogP contribution in [0.4, 0.5) is 0 Å². The van der Waals surface area contributed by atoms with Gasteiger partial charge in [0.25, 0.3) is 0 Å². The van der Waals surface area contributed by atoms with Crippen LogP contribution in [0.25, 0.3) is 0 Å². The second kappa shape index (κ2) is 11.1. The fraction of sp³-hybridized carbons (Fsp3) is 0.818. The van der Waals surface area contributed by atoms with Gasteiger partial charge in [-0.1, -0.05) is 38.0 Å². The minimum Gasteiger partial charge on any atom is -0.377 e. The molecule has 1 heteroatoms. The minimum absolute atomic E-state index is 0.718. The van der Waals surface area contributed by atoms with E-state index >= 15 is 0 Å². The van der Waals surface area contributed by atoms with Crippen molar-refractivity contribution in [2.75, 3.05) is 13.2 Å². The van der Waals surface area contributed by atoms with Gasteiger partial charge in [-0.05, 0) is 81.5 Å². The molecule has 0 aliphatic heterocycles. The summed E-state index contributed by atoms with van der Waals surface area (Å²) in [7, 11) is 0. The maximum Gasteiger partial charge on any atom is 0.0644 e. The number of rotatable bonds is 9. The van der Waals surface area contributed by atoms with Crippen LogP contribution in [0, 0.1) is 23.7 Å². The van der Waals surface area contributed by atoms with E-state index in [9.17, 15) is 0 Å². The van der Waals surface area contributed by atoms with Crippen molar-refractivity contribution < 1.29 is 4.74 Å². The molecule has 0 amide bonds. The molecule has 132 valence electrons.